The van der Waals surface area contributed by atoms with Crippen LogP contribution in [0.1, 0.15) is 52.4 Å². The molecule has 22 heavy (non-hydrogen) atoms. The molecule has 6 nitrogen and oxygen atoms in total. The van der Waals surface area contributed by atoms with Crippen LogP contribution in [0.5, 0.6) is 0 Å². The van der Waals surface area contributed by atoms with Gasteiger partial charge in [-0.3, -0.25) is 4.79 Å². The Morgan fingerprint density at radius 1 is 1.09 bits per heavy atom. The SMILES string of the molecule is CC1CCC(NS(=O)(=O)CC(=O)NC2CCNC(C)C2)CC1. The second-order valence-electron chi connectivity index (χ2n) is 6.98. The van der Waals surface area contributed by atoms with Crippen LogP contribution >= 0.6 is 0 Å². The lowest BCUT2D eigenvalue weighted by Gasteiger charge is -2.29. The predicted octanol–water partition coefficient (Wildman–Crippen LogP) is 0.741. The van der Waals surface area contributed by atoms with E-state index in [1.165, 1.54) is 0 Å². The molecule has 2 rings (SSSR count). The predicted molar refractivity (Wildman–Crippen MR) is 87.0 cm³/mol. The van der Waals surface area contributed by atoms with Crippen LogP contribution in [-0.4, -0.2) is 44.7 Å². The van der Waals surface area contributed by atoms with Gasteiger partial charge in [0.25, 0.3) is 0 Å². The molecule has 2 unspecified atom stereocenters. The summed E-state index contributed by atoms with van der Waals surface area (Å²) in [6, 6.07) is 0.431. The molecule has 0 aromatic heterocycles. The monoisotopic (exact) mass is 331 g/mol. The van der Waals surface area contributed by atoms with Crippen LogP contribution in [0.2, 0.25) is 0 Å². The standard InChI is InChI=1S/C15H29N3O3S/c1-11-3-5-13(6-4-11)18-22(20,21)10-15(19)17-14-7-8-16-12(2)9-14/h11-14,16,18H,3-10H2,1-2H3,(H,17,19). The lowest BCUT2D eigenvalue weighted by Crippen LogP contribution is -2.49. The topological polar surface area (TPSA) is 87.3 Å². The lowest BCUT2D eigenvalue weighted by molar-refractivity contribution is -0.119. The zero-order valence-electron chi connectivity index (χ0n) is 13.6. The van der Waals surface area contributed by atoms with E-state index in [0.717, 1.165) is 45.1 Å². The van der Waals surface area contributed by atoms with Gasteiger partial charge in [-0.25, -0.2) is 13.1 Å². The minimum absolute atomic E-state index is 0.00657. The fourth-order valence-corrected chi connectivity index (χ4v) is 4.63. The van der Waals surface area contributed by atoms with Gasteiger partial charge < -0.3 is 10.6 Å². The van der Waals surface area contributed by atoms with Crippen LogP contribution in [-0.2, 0) is 14.8 Å². The van der Waals surface area contributed by atoms with Gasteiger partial charge in [-0.2, -0.15) is 0 Å². The third kappa shape index (κ3) is 5.85. The zero-order valence-corrected chi connectivity index (χ0v) is 14.4. The Morgan fingerprint density at radius 2 is 1.77 bits per heavy atom. The van der Waals surface area contributed by atoms with Crippen molar-refractivity contribution in [1.29, 1.82) is 0 Å². The molecule has 1 saturated heterocycles. The second-order valence-corrected chi connectivity index (χ2v) is 8.73. The summed E-state index contributed by atoms with van der Waals surface area (Å²) in [5.74, 6) is -0.182. The molecule has 0 aromatic rings. The third-order valence-corrected chi connectivity index (χ3v) is 6.01. The van der Waals surface area contributed by atoms with E-state index in [9.17, 15) is 13.2 Å². The lowest BCUT2D eigenvalue weighted by atomic mass is 9.88. The maximum absolute atomic E-state index is 12.1. The molecule has 1 saturated carbocycles. The summed E-state index contributed by atoms with van der Waals surface area (Å²) in [6.07, 6.45) is 5.53. The number of carbonyl (C=O) groups is 1. The maximum Gasteiger partial charge on any atom is 0.236 e. The van der Waals surface area contributed by atoms with E-state index in [-0.39, 0.29) is 12.1 Å². The first-order valence-electron chi connectivity index (χ1n) is 8.37. The molecule has 2 atom stereocenters. The largest absolute Gasteiger partial charge is 0.352 e. The molecular formula is C15H29N3O3S. The van der Waals surface area contributed by atoms with Crippen LogP contribution in [0.3, 0.4) is 0 Å². The van der Waals surface area contributed by atoms with E-state index in [4.69, 9.17) is 0 Å². The van der Waals surface area contributed by atoms with E-state index >= 15 is 0 Å². The van der Waals surface area contributed by atoms with Gasteiger partial charge in [-0.15, -0.1) is 0 Å². The highest BCUT2D eigenvalue weighted by atomic mass is 32.2. The summed E-state index contributed by atoms with van der Waals surface area (Å²) in [7, 11) is -3.54. The average molecular weight is 331 g/mol. The van der Waals surface area contributed by atoms with Crippen molar-refractivity contribution in [3.8, 4) is 0 Å². The normalized spacial score (nSPS) is 33.4. The quantitative estimate of drug-likeness (QED) is 0.693. The van der Waals surface area contributed by atoms with Crippen molar-refractivity contribution in [3.05, 3.63) is 0 Å². The van der Waals surface area contributed by atoms with E-state index in [0.29, 0.717) is 12.0 Å². The van der Waals surface area contributed by atoms with E-state index in [1.54, 1.807) is 0 Å². The van der Waals surface area contributed by atoms with Crippen LogP contribution in [0.25, 0.3) is 0 Å². The Labute approximate surface area is 133 Å². The summed E-state index contributed by atoms with van der Waals surface area (Å²) in [5.41, 5.74) is 0. The Morgan fingerprint density at radius 3 is 2.41 bits per heavy atom. The van der Waals surface area contributed by atoms with Gasteiger partial charge in [-0.05, 0) is 57.9 Å². The average Bonchev–Trinajstić information content (AvgIpc) is 2.40. The van der Waals surface area contributed by atoms with Crippen molar-refractivity contribution < 1.29 is 13.2 Å². The summed E-state index contributed by atoms with van der Waals surface area (Å²) >= 11 is 0. The maximum atomic E-state index is 12.1. The molecule has 1 amide bonds. The number of nitrogens with one attached hydrogen (secondary N) is 3. The third-order valence-electron chi connectivity index (χ3n) is 4.67. The number of amides is 1. The summed E-state index contributed by atoms with van der Waals surface area (Å²) in [6.45, 7) is 5.12. The van der Waals surface area contributed by atoms with Gasteiger partial charge in [0.1, 0.15) is 5.75 Å². The van der Waals surface area contributed by atoms with Gasteiger partial charge in [0.2, 0.25) is 15.9 Å². The minimum Gasteiger partial charge on any atom is -0.352 e. The van der Waals surface area contributed by atoms with E-state index in [1.807, 2.05) is 0 Å². The molecule has 3 N–H and O–H groups in total. The highest BCUT2D eigenvalue weighted by Gasteiger charge is 2.26. The Kier molecular flexibility index (Phi) is 6.23. The molecular weight excluding hydrogens is 302 g/mol. The van der Waals surface area contributed by atoms with Crippen molar-refractivity contribution in [2.75, 3.05) is 12.3 Å². The van der Waals surface area contributed by atoms with Gasteiger partial charge in [0, 0.05) is 18.1 Å². The fourth-order valence-electron chi connectivity index (χ4n) is 3.38. The molecule has 0 bridgehead atoms. The molecule has 1 aliphatic heterocycles. The molecule has 1 aliphatic carbocycles. The van der Waals surface area contributed by atoms with Crippen molar-refractivity contribution >= 4 is 15.9 Å². The summed E-state index contributed by atoms with van der Waals surface area (Å²) in [5, 5.41) is 6.16. The van der Waals surface area contributed by atoms with E-state index < -0.39 is 21.7 Å². The number of piperidine rings is 1. The van der Waals surface area contributed by atoms with Crippen LogP contribution in [0.4, 0.5) is 0 Å². The molecule has 1 heterocycles. The Hall–Kier alpha value is -0.660. The smallest absolute Gasteiger partial charge is 0.236 e. The van der Waals surface area contributed by atoms with E-state index in [2.05, 4.69) is 29.2 Å². The summed E-state index contributed by atoms with van der Waals surface area (Å²) in [4.78, 5) is 12.0. The first-order chi connectivity index (χ1) is 10.3. The number of carbonyl (C=O) groups excluding carboxylic acids is 1. The van der Waals surface area contributed by atoms with Crippen LogP contribution in [0, 0.1) is 5.92 Å². The van der Waals surface area contributed by atoms with Crippen molar-refractivity contribution in [3.63, 3.8) is 0 Å². The van der Waals surface area contributed by atoms with Gasteiger partial charge >= 0.3 is 0 Å². The molecule has 0 spiro atoms. The molecule has 128 valence electrons. The highest BCUT2D eigenvalue weighted by molar-refractivity contribution is 7.90. The molecule has 0 radical (unpaired) electrons. The van der Waals surface area contributed by atoms with Crippen molar-refractivity contribution in [1.82, 2.24) is 15.4 Å². The number of hydrogen-bond acceptors (Lipinski definition) is 4. The van der Waals surface area contributed by atoms with Crippen molar-refractivity contribution in [2.45, 2.75) is 70.5 Å². The highest BCUT2D eigenvalue weighted by Crippen LogP contribution is 2.23. The number of hydrogen-bond donors (Lipinski definition) is 3. The van der Waals surface area contributed by atoms with Crippen molar-refractivity contribution in [2.24, 2.45) is 5.92 Å². The number of rotatable bonds is 5. The molecule has 7 heteroatoms. The van der Waals surface area contributed by atoms with Gasteiger partial charge in [0.05, 0.1) is 0 Å². The second kappa shape index (κ2) is 7.75. The fraction of sp³-hybridized carbons (Fsp3) is 0.933. The first kappa shape index (κ1) is 17.7. The van der Waals surface area contributed by atoms with Gasteiger partial charge in [0.15, 0.2) is 0 Å². The Bertz CT molecular complexity index is 472. The van der Waals surface area contributed by atoms with Gasteiger partial charge in [-0.1, -0.05) is 6.92 Å². The Balaban J connectivity index is 1.76. The zero-order chi connectivity index (χ0) is 16.2. The minimum atomic E-state index is -3.54. The first-order valence-corrected chi connectivity index (χ1v) is 10.0. The number of sulfonamides is 1. The molecule has 2 aliphatic rings. The molecule has 0 aromatic carbocycles. The van der Waals surface area contributed by atoms with Crippen LogP contribution < -0.4 is 15.4 Å². The molecule has 2 fully saturated rings. The van der Waals surface area contributed by atoms with Crippen LogP contribution in [0.15, 0.2) is 0 Å². The summed E-state index contributed by atoms with van der Waals surface area (Å²) < 4.78 is 26.9.